The van der Waals surface area contributed by atoms with Crippen molar-refractivity contribution in [2.75, 3.05) is 0 Å². The topological polar surface area (TPSA) is 78.4 Å². The maximum atomic E-state index is 11.8. The maximum absolute atomic E-state index is 11.8. The lowest BCUT2D eigenvalue weighted by atomic mass is 9.96. The molecule has 0 saturated heterocycles. The molecule has 0 aromatic carbocycles. The van der Waals surface area contributed by atoms with E-state index in [0.29, 0.717) is 12.8 Å². The molecule has 0 heterocycles. The Kier molecular flexibility index (Phi) is 8.19. The Morgan fingerprint density at radius 2 is 1.84 bits per heavy atom. The molecule has 0 aliphatic carbocycles. The van der Waals surface area contributed by atoms with Gasteiger partial charge in [0.25, 0.3) is 0 Å². The molecule has 0 rings (SSSR count). The number of carbonyl (C=O) groups is 2. The van der Waals surface area contributed by atoms with E-state index >= 15 is 0 Å². The molecule has 0 bridgehead atoms. The third-order valence-electron chi connectivity index (χ3n) is 3.23. The number of hydrogen-bond donors (Lipinski definition) is 3. The van der Waals surface area contributed by atoms with Gasteiger partial charge in [0.1, 0.15) is 5.54 Å². The highest BCUT2D eigenvalue weighted by atomic mass is 16.4. The smallest absolute Gasteiger partial charge is 0.329 e. The first-order valence-corrected chi connectivity index (χ1v) is 7.17. The summed E-state index contributed by atoms with van der Waals surface area (Å²) in [6, 6.07) is -0.339. The molecule has 2 unspecified atom stereocenters. The van der Waals surface area contributed by atoms with E-state index in [0.717, 1.165) is 25.7 Å². The van der Waals surface area contributed by atoms with Crippen LogP contribution in [0.25, 0.3) is 0 Å². The number of carboxylic acids is 1. The highest BCUT2D eigenvalue weighted by Crippen LogP contribution is 2.12. The molecular weight excluding hydrogens is 244 g/mol. The van der Waals surface area contributed by atoms with Gasteiger partial charge in [-0.2, -0.15) is 0 Å². The summed E-state index contributed by atoms with van der Waals surface area (Å²) in [7, 11) is 0. The van der Waals surface area contributed by atoms with Crippen LogP contribution in [0, 0.1) is 0 Å². The van der Waals surface area contributed by atoms with E-state index < -0.39 is 17.5 Å². The molecule has 5 heteroatoms. The average molecular weight is 272 g/mol. The largest absolute Gasteiger partial charge is 0.480 e. The molecule has 0 saturated carbocycles. The van der Waals surface area contributed by atoms with Crippen molar-refractivity contribution in [2.45, 2.75) is 77.8 Å². The first-order chi connectivity index (χ1) is 8.85. The van der Waals surface area contributed by atoms with E-state index in [1.807, 2.05) is 13.8 Å². The Morgan fingerprint density at radius 1 is 1.21 bits per heavy atom. The number of unbranched alkanes of at least 4 members (excludes halogenated alkanes) is 2. The van der Waals surface area contributed by atoms with E-state index in [2.05, 4.69) is 17.6 Å². The van der Waals surface area contributed by atoms with Crippen LogP contribution in [0.15, 0.2) is 0 Å². The van der Waals surface area contributed by atoms with Gasteiger partial charge in [0.2, 0.25) is 0 Å². The average Bonchev–Trinajstić information content (AvgIpc) is 2.28. The zero-order valence-electron chi connectivity index (χ0n) is 12.6. The van der Waals surface area contributed by atoms with Gasteiger partial charge in [0.05, 0.1) is 0 Å². The fourth-order valence-electron chi connectivity index (χ4n) is 2.01. The third-order valence-corrected chi connectivity index (χ3v) is 3.23. The fraction of sp³-hybridized carbons (Fsp3) is 0.857. The van der Waals surface area contributed by atoms with E-state index in [1.165, 1.54) is 0 Å². The molecule has 0 radical (unpaired) electrons. The molecule has 0 fully saturated rings. The van der Waals surface area contributed by atoms with Gasteiger partial charge in [-0.1, -0.05) is 39.5 Å². The number of hydrogen-bond acceptors (Lipinski definition) is 2. The molecule has 0 aliphatic rings. The predicted octanol–water partition coefficient (Wildman–Crippen LogP) is 2.90. The Bertz CT molecular complexity index is 294. The number of amides is 2. The van der Waals surface area contributed by atoms with E-state index in [9.17, 15) is 14.7 Å². The van der Waals surface area contributed by atoms with Gasteiger partial charge in [-0.15, -0.1) is 0 Å². The van der Waals surface area contributed by atoms with Crippen molar-refractivity contribution in [3.05, 3.63) is 0 Å². The zero-order chi connectivity index (χ0) is 14.9. The Labute approximate surface area is 116 Å². The Balaban J connectivity index is 4.23. The van der Waals surface area contributed by atoms with Crippen LogP contribution in [0.2, 0.25) is 0 Å². The second-order valence-electron chi connectivity index (χ2n) is 5.38. The Hall–Kier alpha value is -1.26. The monoisotopic (exact) mass is 272 g/mol. The number of urea groups is 1. The lowest BCUT2D eigenvalue weighted by Crippen LogP contribution is -2.56. The molecule has 0 aromatic rings. The normalized spacial score (nSPS) is 15.4. The third kappa shape index (κ3) is 7.03. The Morgan fingerprint density at radius 3 is 2.32 bits per heavy atom. The van der Waals surface area contributed by atoms with Gasteiger partial charge >= 0.3 is 12.0 Å². The second-order valence-corrected chi connectivity index (χ2v) is 5.38. The summed E-state index contributed by atoms with van der Waals surface area (Å²) in [6.07, 6.45) is 5.40. The number of carbonyl (C=O) groups excluding carboxylic acids is 1. The standard InChI is InChI=1S/C14H28N2O3/c1-5-7-8-9-11(3)15-13(19)16-14(4,10-6-2)12(17)18/h11H,5-10H2,1-4H3,(H,17,18)(H2,15,16,19). The molecule has 0 spiro atoms. The molecular formula is C14H28N2O3. The second kappa shape index (κ2) is 8.77. The van der Waals surface area contributed by atoms with E-state index in [1.54, 1.807) is 6.92 Å². The van der Waals surface area contributed by atoms with Crippen LogP contribution in [0.1, 0.15) is 66.2 Å². The molecule has 5 nitrogen and oxygen atoms in total. The van der Waals surface area contributed by atoms with Crippen molar-refractivity contribution >= 4 is 12.0 Å². The van der Waals surface area contributed by atoms with Crippen LogP contribution in [0.4, 0.5) is 4.79 Å². The molecule has 3 N–H and O–H groups in total. The van der Waals surface area contributed by atoms with Crippen LogP contribution in [0.3, 0.4) is 0 Å². The van der Waals surface area contributed by atoms with Gasteiger partial charge < -0.3 is 15.7 Å². The lowest BCUT2D eigenvalue weighted by Gasteiger charge is -2.27. The summed E-state index contributed by atoms with van der Waals surface area (Å²) in [5, 5.41) is 14.5. The molecule has 2 amide bonds. The van der Waals surface area contributed by atoms with E-state index in [-0.39, 0.29) is 6.04 Å². The van der Waals surface area contributed by atoms with Gasteiger partial charge in [-0.25, -0.2) is 9.59 Å². The van der Waals surface area contributed by atoms with Gasteiger partial charge in [0.15, 0.2) is 0 Å². The molecule has 112 valence electrons. The highest BCUT2D eigenvalue weighted by Gasteiger charge is 2.33. The van der Waals surface area contributed by atoms with Crippen molar-refractivity contribution in [1.82, 2.24) is 10.6 Å². The van der Waals surface area contributed by atoms with Crippen molar-refractivity contribution < 1.29 is 14.7 Å². The number of rotatable bonds is 9. The zero-order valence-corrected chi connectivity index (χ0v) is 12.6. The van der Waals surface area contributed by atoms with E-state index in [4.69, 9.17) is 0 Å². The summed E-state index contributed by atoms with van der Waals surface area (Å²) in [5.74, 6) is -0.997. The quantitative estimate of drug-likeness (QED) is 0.565. The predicted molar refractivity (Wildman–Crippen MR) is 76.2 cm³/mol. The van der Waals surface area contributed by atoms with Crippen molar-refractivity contribution in [1.29, 1.82) is 0 Å². The summed E-state index contributed by atoms with van der Waals surface area (Å²) >= 11 is 0. The first kappa shape index (κ1) is 17.7. The first-order valence-electron chi connectivity index (χ1n) is 7.17. The highest BCUT2D eigenvalue weighted by molar-refractivity contribution is 5.85. The summed E-state index contributed by atoms with van der Waals surface area (Å²) < 4.78 is 0. The van der Waals surface area contributed by atoms with Gasteiger partial charge in [0, 0.05) is 6.04 Å². The summed E-state index contributed by atoms with van der Waals surface area (Å²) in [6.45, 7) is 7.51. The molecule has 0 aliphatic heterocycles. The summed E-state index contributed by atoms with van der Waals surface area (Å²) in [5.41, 5.74) is -1.19. The lowest BCUT2D eigenvalue weighted by molar-refractivity contribution is -0.144. The SMILES string of the molecule is CCCCCC(C)NC(=O)NC(C)(CCC)C(=O)O. The maximum Gasteiger partial charge on any atom is 0.329 e. The van der Waals surface area contributed by atoms with Gasteiger partial charge in [-0.05, 0) is 26.7 Å². The minimum Gasteiger partial charge on any atom is -0.480 e. The minimum absolute atomic E-state index is 0.0613. The number of carboxylic acid groups (broad SMARTS) is 1. The van der Waals surface area contributed by atoms with Crippen LogP contribution >= 0.6 is 0 Å². The fourth-order valence-corrected chi connectivity index (χ4v) is 2.01. The number of aliphatic carboxylic acids is 1. The van der Waals surface area contributed by atoms with Gasteiger partial charge in [-0.3, -0.25) is 0 Å². The molecule has 2 atom stereocenters. The van der Waals surface area contributed by atoms with Crippen molar-refractivity contribution in [2.24, 2.45) is 0 Å². The molecule has 0 aromatic heterocycles. The van der Waals surface area contributed by atoms with Crippen LogP contribution in [-0.2, 0) is 4.79 Å². The summed E-state index contributed by atoms with van der Waals surface area (Å²) in [4.78, 5) is 23.0. The van der Waals surface area contributed by atoms with Crippen LogP contribution in [0.5, 0.6) is 0 Å². The van der Waals surface area contributed by atoms with Crippen LogP contribution in [-0.4, -0.2) is 28.7 Å². The van der Waals surface area contributed by atoms with Crippen molar-refractivity contribution in [3.63, 3.8) is 0 Å². The minimum atomic E-state index is -1.19. The number of nitrogens with one attached hydrogen (secondary N) is 2. The van der Waals surface area contributed by atoms with Crippen molar-refractivity contribution in [3.8, 4) is 0 Å². The van der Waals surface area contributed by atoms with Crippen LogP contribution < -0.4 is 10.6 Å². The molecule has 19 heavy (non-hydrogen) atoms.